The Morgan fingerprint density at radius 2 is 2.11 bits per heavy atom. The molecule has 0 bridgehead atoms. The average molecular weight is 251 g/mol. The number of carbonyl (C=O) groups excluding carboxylic acids is 1. The lowest BCUT2D eigenvalue weighted by Crippen LogP contribution is -2.39. The molecule has 1 saturated heterocycles. The summed E-state index contributed by atoms with van der Waals surface area (Å²) in [6.07, 6.45) is 3.13. The van der Waals surface area contributed by atoms with Crippen molar-refractivity contribution in [3.8, 4) is 0 Å². The van der Waals surface area contributed by atoms with E-state index < -0.39 is 0 Å². The SMILES string of the molecule is Cc1nc(C)c(C(=O)N2CCC(CCN)CC2)o1. The minimum atomic E-state index is -0.0284. The predicted molar refractivity (Wildman–Crippen MR) is 68.3 cm³/mol. The Labute approximate surface area is 107 Å². The van der Waals surface area contributed by atoms with Crippen LogP contribution in [-0.2, 0) is 0 Å². The number of oxazole rings is 1. The van der Waals surface area contributed by atoms with Crippen LogP contribution in [0.25, 0.3) is 0 Å². The molecule has 0 aromatic carbocycles. The standard InChI is InChI=1S/C13H21N3O2/c1-9-12(18-10(2)15-9)13(17)16-7-4-11(3-6-14)5-8-16/h11H,3-8,14H2,1-2H3. The van der Waals surface area contributed by atoms with Crippen molar-refractivity contribution >= 4 is 5.91 Å². The van der Waals surface area contributed by atoms with E-state index in [1.165, 1.54) is 0 Å². The molecule has 0 unspecified atom stereocenters. The summed E-state index contributed by atoms with van der Waals surface area (Å²) in [6.45, 7) is 5.90. The number of amides is 1. The van der Waals surface area contributed by atoms with Gasteiger partial charge in [0.2, 0.25) is 5.76 Å². The molecule has 1 amide bonds. The molecule has 0 saturated carbocycles. The molecule has 1 aromatic heterocycles. The number of aryl methyl sites for hydroxylation is 2. The van der Waals surface area contributed by atoms with Crippen LogP contribution in [0.15, 0.2) is 4.42 Å². The Hall–Kier alpha value is -1.36. The Balaban J connectivity index is 1.97. The van der Waals surface area contributed by atoms with E-state index in [1.54, 1.807) is 6.92 Å². The Bertz CT molecular complexity index is 420. The number of nitrogens with zero attached hydrogens (tertiary/aromatic N) is 2. The van der Waals surface area contributed by atoms with Gasteiger partial charge in [-0.15, -0.1) is 0 Å². The van der Waals surface area contributed by atoms with Crippen LogP contribution in [0.1, 0.15) is 41.4 Å². The molecule has 1 aromatic rings. The molecular formula is C13H21N3O2. The van der Waals surface area contributed by atoms with Gasteiger partial charge in [0, 0.05) is 20.0 Å². The summed E-state index contributed by atoms with van der Waals surface area (Å²) in [7, 11) is 0. The van der Waals surface area contributed by atoms with Gasteiger partial charge in [-0.25, -0.2) is 4.98 Å². The topological polar surface area (TPSA) is 72.4 Å². The fourth-order valence-corrected chi connectivity index (χ4v) is 2.53. The Kier molecular flexibility index (Phi) is 4.01. The lowest BCUT2D eigenvalue weighted by molar-refractivity contribution is 0.0653. The third-order valence-electron chi connectivity index (χ3n) is 3.57. The van der Waals surface area contributed by atoms with Gasteiger partial charge in [-0.3, -0.25) is 4.79 Å². The summed E-state index contributed by atoms with van der Waals surface area (Å²) in [5.41, 5.74) is 6.25. The zero-order chi connectivity index (χ0) is 13.1. The van der Waals surface area contributed by atoms with Crippen molar-refractivity contribution in [2.45, 2.75) is 33.1 Å². The zero-order valence-electron chi connectivity index (χ0n) is 11.1. The van der Waals surface area contributed by atoms with E-state index in [0.29, 0.717) is 23.3 Å². The van der Waals surface area contributed by atoms with Gasteiger partial charge in [-0.2, -0.15) is 0 Å². The Morgan fingerprint density at radius 1 is 1.44 bits per heavy atom. The van der Waals surface area contributed by atoms with Gasteiger partial charge in [0.05, 0.1) is 5.69 Å². The maximum atomic E-state index is 12.3. The number of likely N-dealkylation sites (tertiary alicyclic amines) is 1. The number of aromatic nitrogens is 1. The molecule has 2 N–H and O–H groups in total. The number of piperidine rings is 1. The van der Waals surface area contributed by atoms with E-state index in [0.717, 1.165) is 38.9 Å². The molecule has 1 aliphatic rings. The number of hydrogen-bond donors (Lipinski definition) is 1. The highest BCUT2D eigenvalue weighted by molar-refractivity contribution is 5.92. The molecule has 5 nitrogen and oxygen atoms in total. The van der Waals surface area contributed by atoms with Gasteiger partial charge < -0.3 is 15.1 Å². The molecule has 18 heavy (non-hydrogen) atoms. The van der Waals surface area contributed by atoms with Crippen LogP contribution in [-0.4, -0.2) is 35.4 Å². The summed E-state index contributed by atoms with van der Waals surface area (Å²) in [4.78, 5) is 18.3. The molecule has 0 spiro atoms. The first-order valence-electron chi connectivity index (χ1n) is 6.55. The fraction of sp³-hybridized carbons (Fsp3) is 0.692. The van der Waals surface area contributed by atoms with Crippen LogP contribution in [0, 0.1) is 19.8 Å². The summed E-state index contributed by atoms with van der Waals surface area (Å²) in [5.74, 6) is 1.58. The summed E-state index contributed by atoms with van der Waals surface area (Å²) >= 11 is 0. The van der Waals surface area contributed by atoms with Crippen LogP contribution in [0.4, 0.5) is 0 Å². The highest BCUT2D eigenvalue weighted by Gasteiger charge is 2.26. The molecular weight excluding hydrogens is 230 g/mol. The van der Waals surface area contributed by atoms with Crippen LogP contribution in [0.3, 0.4) is 0 Å². The first kappa shape index (κ1) is 13.1. The molecule has 1 aliphatic heterocycles. The third-order valence-corrected chi connectivity index (χ3v) is 3.57. The van der Waals surface area contributed by atoms with E-state index >= 15 is 0 Å². The molecule has 1 fully saturated rings. The number of nitrogens with two attached hydrogens (primary N) is 1. The second-order valence-corrected chi connectivity index (χ2v) is 4.96. The largest absolute Gasteiger partial charge is 0.436 e. The fourth-order valence-electron chi connectivity index (χ4n) is 2.53. The van der Waals surface area contributed by atoms with Gasteiger partial charge in [0.1, 0.15) is 0 Å². The van der Waals surface area contributed by atoms with Crippen LogP contribution in [0.5, 0.6) is 0 Å². The second-order valence-electron chi connectivity index (χ2n) is 4.96. The molecule has 0 aliphatic carbocycles. The molecule has 2 rings (SSSR count). The summed E-state index contributed by atoms with van der Waals surface area (Å²) < 4.78 is 5.38. The van der Waals surface area contributed by atoms with E-state index in [4.69, 9.17) is 10.2 Å². The third kappa shape index (κ3) is 2.72. The van der Waals surface area contributed by atoms with Gasteiger partial charge >= 0.3 is 0 Å². The van der Waals surface area contributed by atoms with Crippen molar-refractivity contribution in [1.82, 2.24) is 9.88 Å². The van der Waals surface area contributed by atoms with E-state index in [9.17, 15) is 4.79 Å². The second kappa shape index (κ2) is 5.52. The zero-order valence-corrected chi connectivity index (χ0v) is 11.1. The smallest absolute Gasteiger partial charge is 0.291 e. The highest BCUT2D eigenvalue weighted by Crippen LogP contribution is 2.22. The average Bonchev–Trinajstić information content (AvgIpc) is 2.69. The summed E-state index contributed by atoms with van der Waals surface area (Å²) in [5, 5.41) is 0. The lowest BCUT2D eigenvalue weighted by atomic mass is 9.93. The molecule has 2 heterocycles. The van der Waals surface area contributed by atoms with Crippen LogP contribution in [0.2, 0.25) is 0 Å². The van der Waals surface area contributed by atoms with Gasteiger partial charge in [-0.1, -0.05) is 0 Å². The van der Waals surface area contributed by atoms with Crippen molar-refractivity contribution in [1.29, 1.82) is 0 Å². The van der Waals surface area contributed by atoms with E-state index in [2.05, 4.69) is 4.98 Å². The molecule has 100 valence electrons. The molecule has 0 radical (unpaired) electrons. The van der Waals surface area contributed by atoms with Crippen molar-refractivity contribution in [2.75, 3.05) is 19.6 Å². The monoisotopic (exact) mass is 251 g/mol. The van der Waals surface area contributed by atoms with Crippen molar-refractivity contribution in [2.24, 2.45) is 11.7 Å². The highest BCUT2D eigenvalue weighted by atomic mass is 16.4. The lowest BCUT2D eigenvalue weighted by Gasteiger charge is -2.31. The first-order valence-corrected chi connectivity index (χ1v) is 6.55. The van der Waals surface area contributed by atoms with Gasteiger partial charge in [0.15, 0.2) is 5.89 Å². The van der Waals surface area contributed by atoms with Crippen molar-refractivity contribution in [3.05, 3.63) is 17.3 Å². The quantitative estimate of drug-likeness (QED) is 0.883. The molecule has 0 atom stereocenters. The molecule has 5 heteroatoms. The first-order chi connectivity index (χ1) is 8.61. The number of rotatable bonds is 3. The van der Waals surface area contributed by atoms with E-state index in [1.807, 2.05) is 11.8 Å². The number of carbonyl (C=O) groups is 1. The maximum absolute atomic E-state index is 12.3. The van der Waals surface area contributed by atoms with Crippen molar-refractivity contribution in [3.63, 3.8) is 0 Å². The summed E-state index contributed by atoms with van der Waals surface area (Å²) in [6, 6.07) is 0. The number of hydrogen-bond acceptors (Lipinski definition) is 4. The minimum absolute atomic E-state index is 0.0284. The van der Waals surface area contributed by atoms with Gasteiger partial charge in [0.25, 0.3) is 5.91 Å². The van der Waals surface area contributed by atoms with Gasteiger partial charge in [-0.05, 0) is 38.6 Å². The maximum Gasteiger partial charge on any atom is 0.291 e. The minimum Gasteiger partial charge on any atom is -0.436 e. The van der Waals surface area contributed by atoms with Crippen molar-refractivity contribution < 1.29 is 9.21 Å². The van der Waals surface area contributed by atoms with Crippen LogP contribution >= 0.6 is 0 Å². The predicted octanol–water partition coefficient (Wildman–Crippen LogP) is 1.49. The normalized spacial score (nSPS) is 17.2. The van der Waals surface area contributed by atoms with E-state index in [-0.39, 0.29) is 5.91 Å². The van der Waals surface area contributed by atoms with Crippen LogP contribution < -0.4 is 5.73 Å². The Morgan fingerprint density at radius 3 is 2.61 bits per heavy atom.